The molecule has 1 rings (SSSR count). The zero-order valence-corrected chi connectivity index (χ0v) is 14.6. The quantitative estimate of drug-likeness (QED) is 0.643. The first-order valence-corrected chi connectivity index (χ1v) is 8.40. The maximum absolute atomic E-state index is 6.41. The Hall–Kier alpha value is -0.240. The molecule has 1 atom stereocenters. The van der Waals surface area contributed by atoms with E-state index >= 15 is 0 Å². The van der Waals surface area contributed by atoms with Crippen LogP contribution in [0, 0.1) is 11.8 Å². The first-order valence-electron chi connectivity index (χ1n) is 7.65. The lowest BCUT2D eigenvalue weighted by Gasteiger charge is -2.27. The largest absolute Gasteiger partial charge is 0.316 e. The number of halogens is 2. The summed E-state index contributed by atoms with van der Waals surface area (Å²) in [5.74, 6) is 1.76. The van der Waals surface area contributed by atoms with E-state index in [-0.39, 0.29) is 0 Å². The maximum atomic E-state index is 6.41. The van der Waals surface area contributed by atoms with Gasteiger partial charge in [-0.15, -0.1) is 0 Å². The summed E-state index contributed by atoms with van der Waals surface area (Å²) in [6.07, 6.45) is 2.34. The minimum atomic E-state index is 0.452. The van der Waals surface area contributed by atoms with Crippen molar-refractivity contribution in [2.24, 2.45) is 11.8 Å². The topological polar surface area (TPSA) is 12.0 Å². The van der Waals surface area contributed by atoms with Crippen LogP contribution >= 0.6 is 23.2 Å². The van der Waals surface area contributed by atoms with Crippen LogP contribution in [0.25, 0.3) is 0 Å². The Bertz CT molecular complexity index is 400. The van der Waals surface area contributed by atoms with Crippen molar-refractivity contribution in [1.29, 1.82) is 0 Å². The molecule has 1 aromatic rings. The van der Waals surface area contributed by atoms with E-state index in [1.165, 1.54) is 18.4 Å². The first kappa shape index (κ1) is 17.8. The average molecular weight is 316 g/mol. The summed E-state index contributed by atoms with van der Waals surface area (Å²) >= 11 is 12.4. The molecule has 20 heavy (non-hydrogen) atoms. The number of hydrogen-bond donors (Lipinski definition) is 1. The van der Waals surface area contributed by atoms with Gasteiger partial charge in [0.25, 0.3) is 0 Å². The Morgan fingerprint density at radius 1 is 1.05 bits per heavy atom. The van der Waals surface area contributed by atoms with Gasteiger partial charge in [-0.3, -0.25) is 0 Å². The average Bonchev–Trinajstić information content (AvgIpc) is 2.38. The van der Waals surface area contributed by atoms with Crippen LogP contribution in [0.3, 0.4) is 0 Å². The van der Waals surface area contributed by atoms with Gasteiger partial charge in [0.15, 0.2) is 0 Å². The lowest BCUT2D eigenvalue weighted by Crippen LogP contribution is -2.29. The van der Waals surface area contributed by atoms with Crippen LogP contribution in [0.15, 0.2) is 18.2 Å². The minimum Gasteiger partial charge on any atom is -0.316 e. The van der Waals surface area contributed by atoms with E-state index < -0.39 is 0 Å². The van der Waals surface area contributed by atoms with Gasteiger partial charge in [-0.05, 0) is 36.1 Å². The fourth-order valence-corrected chi connectivity index (χ4v) is 3.27. The highest BCUT2D eigenvalue weighted by molar-refractivity contribution is 6.35. The van der Waals surface area contributed by atoms with Crippen molar-refractivity contribution in [3.63, 3.8) is 0 Å². The Labute approximate surface area is 134 Å². The highest BCUT2D eigenvalue weighted by Gasteiger charge is 2.22. The van der Waals surface area contributed by atoms with E-state index in [9.17, 15) is 0 Å². The summed E-state index contributed by atoms with van der Waals surface area (Å²) in [4.78, 5) is 0. The highest BCUT2D eigenvalue weighted by Crippen LogP contribution is 2.34. The molecule has 0 heterocycles. The van der Waals surface area contributed by atoms with Crippen LogP contribution < -0.4 is 5.32 Å². The Balaban J connectivity index is 2.90. The maximum Gasteiger partial charge on any atom is 0.0456 e. The van der Waals surface area contributed by atoms with Gasteiger partial charge in [-0.1, -0.05) is 69.8 Å². The first-order chi connectivity index (χ1) is 9.49. The molecule has 0 saturated carbocycles. The number of hydrogen-bond acceptors (Lipinski definition) is 1. The molecule has 0 amide bonds. The van der Waals surface area contributed by atoms with Crippen molar-refractivity contribution < 1.29 is 0 Å². The van der Waals surface area contributed by atoms with Gasteiger partial charge >= 0.3 is 0 Å². The summed E-state index contributed by atoms with van der Waals surface area (Å²) in [7, 11) is 0. The van der Waals surface area contributed by atoms with Gasteiger partial charge in [-0.2, -0.15) is 0 Å². The van der Waals surface area contributed by atoms with Crippen molar-refractivity contribution in [3.8, 4) is 0 Å². The van der Waals surface area contributed by atoms with Crippen LogP contribution in [0.2, 0.25) is 10.0 Å². The Morgan fingerprint density at radius 3 is 2.20 bits per heavy atom. The van der Waals surface area contributed by atoms with Crippen molar-refractivity contribution >= 4 is 23.2 Å². The molecule has 0 radical (unpaired) electrons. The normalized spacial score (nSPS) is 13.2. The van der Waals surface area contributed by atoms with Crippen molar-refractivity contribution in [3.05, 3.63) is 33.8 Å². The molecule has 0 aliphatic carbocycles. The van der Waals surface area contributed by atoms with Gasteiger partial charge in [0.1, 0.15) is 0 Å². The van der Waals surface area contributed by atoms with Crippen LogP contribution in [0.4, 0.5) is 0 Å². The molecule has 0 aliphatic rings. The molecule has 1 aromatic carbocycles. The predicted molar refractivity (Wildman–Crippen MR) is 91.0 cm³/mol. The molecule has 0 bridgehead atoms. The van der Waals surface area contributed by atoms with Crippen LogP contribution in [0.1, 0.15) is 52.0 Å². The van der Waals surface area contributed by atoms with E-state index in [1.807, 2.05) is 12.1 Å². The van der Waals surface area contributed by atoms with E-state index in [1.54, 1.807) is 0 Å². The van der Waals surface area contributed by atoms with E-state index in [0.717, 1.165) is 18.1 Å². The third-order valence-corrected chi connectivity index (χ3v) is 4.46. The van der Waals surface area contributed by atoms with Gasteiger partial charge in [0.05, 0.1) is 0 Å². The molecule has 114 valence electrons. The van der Waals surface area contributed by atoms with Crippen LogP contribution in [0.5, 0.6) is 0 Å². The monoisotopic (exact) mass is 315 g/mol. The zero-order chi connectivity index (χ0) is 15.1. The van der Waals surface area contributed by atoms with Crippen LogP contribution in [-0.4, -0.2) is 13.1 Å². The Kier molecular flexibility index (Phi) is 7.94. The second kappa shape index (κ2) is 8.92. The molecular formula is C17H27Cl2N. The van der Waals surface area contributed by atoms with Crippen LogP contribution in [-0.2, 0) is 0 Å². The van der Waals surface area contributed by atoms with Crippen molar-refractivity contribution in [2.45, 2.75) is 46.5 Å². The summed E-state index contributed by atoms with van der Waals surface area (Å²) in [5, 5.41) is 5.08. The molecule has 0 spiro atoms. The molecule has 0 fully saturated rings. The van der Waals surface area contributed by atoms with Crippen molar-refractivity contribution in [2.75, 3.05) is 13.1 Å². The standard InChI is InChI=1S/C17H27Cl2N/c1-5-13(6-2)16(11-20-10-12(3)4)15-8-7-14(18)9-17(15)19/h7-9,12-13,16,20H,5-6,10-11H2,1-4H3. The SMILES string of the molecule is CCC(CC)C(CNCC(C)C)c1ccc(Cl)cc1Cl. The Morgan fingerprint density at radius 2 is 1.70 bits per heavy atom. The lowest BCUT2D eigenvalue weighted by molar-refractivity contribution is 0.373. The molecule has 0 aliphatic heterocycles. The van der Waals surface area contributed by atoms with E-state index in [0.29, 0.717) is 22.8 Å². The summed E-state index contributed by atoms with van der Waals surface area (Å²) < 4.78 is 0. The summed E-state index contributed by atoms with van der Waals surface area (Å²) in [6, 6.07) is 5.89. The fourth-order valence-electron chi connectivity index (χ4n) is 2.72. The fraction of sp³-hybridized carbons (Fsp3) is 0.647. The number of rotatable bonds is 8. The van der Waals surface area contributed by atoms with Gasteiger partial charge in [0, 0.05) is 22.5 Å². The molecule has 3 heteroatoms. The lowest BCUT2D eigenvalue weighted by atomic mass is 9.82. The van der Waals surface area contributed by atoms with Crippen molar-refractivity contribution in [1.82, 2.24) is 5.32 Å². The van der Waals surface area contributed by atoms with Gasteiger partial charge < -0.3 is 5.32 Å². The highest BCUT2D eigenvalue weighted by atomic mass is 35.5. The molecule has 1 N–H and O–H groups in total. The molecule has 0 aromatic heterocycles. The van der Waals surface area contributed by atoms with Gasteiger partial charge in [0.2, 0.25) is 0 Å². The molecule has 0 saturated heterocycles. The second-order valence-corrected chi connectivity index (χ2v) is 6.74. The zero-order valence-electron chi connectivity index (χ0n) is 13.0. The van der Waals surface area contributed by atoms with Gasteiger partial charge in [-0.25, -0.2) is 0 Å². The molecule has 1 nitrogen and oxygen atoms in total. The summed E-state index contributed by atoms with van der Waals surface area (Å²) in [6.45, 7) is 11.0. The smallest absolute Gasteiger partial charge is 0.0456 e. The minimum absolute atomic E-state index is 0.452. The second-order valence-electron chi connectivity index (χ2n) is 5.90. The molecular weight excluding hydrogens is 289 g/mol. The predicted octanol–water partition coefficient (Wildman–Crippen LogP) is 5.76. The third-order valence-electron chi connectivity index (χ3n) is 3.90. The summed E-state index contributed by atoms with van der Waals surface area (Å²) in [5.41, 5.74) is 1.22. The van der Waals surface area contributed by atoms with E-state index in [2.05, 4.69) is 39.1 Å². The number of benzene rings is 1. The third kappa shape index (κ3) is 5.27. The van der Waals surface area contributed by atoms with E-state index in [4.69, 9.17) is 23.2 Å². The molecule has 1 unspecified atom stereocenters. The number of nitrogens with one attached hydrogen (secondary N) is 1.